The molecule has 2 bridgehead atoms. The van der Waals surface area contributed by atoms with E-state index >= 15 is 0 Å². The van der Waals surface area contributed by atoms with E-state index in [0.717, 1.165) is 5.56 Å². The van der Waals surface area contributed by atoms with Gasteiger partial charge in [-0.15, -0.1) is 0 Å². The molecular weight excluding hydrogens is 386 g/mol. The standard InChI is InChI=1S/C18H17N3O4S2/c1-16(8-19)7-18-15(23)20(3)17(2,27(18)26)14(22)21(18)13(16)10-4-5-11-12(6-10)25-9-24-11/h4-6,13H,7,9H2,1-3H3/t13?,16-,17+,18+,27?/m0/s1. The van der Waals surface area contributed by atoms with Crippen LogP contribution in [0.15, 0.2) is 18.2 Å². The lowest BCUT2D eigenvalue weighted by Gasteiger charge is -2.39. The Morgan fingerprint density at radius 3 is 2.67 bits per heavy atom. The molecule has 9 heteroatoms. The predicted molar refractivity (Wildman–Crippen MR) is 99.1 cm³/mol. The number of likely N-dealkylation sites (N-methyl/N-ethyl adjacent to an activating group) is 1. The lowest BCUT2D eigenvalue weighted by atomic mass is 9.79. The zero-order valence-corrected chi connectivity index (χ0v) is 16.6. The van der Waals surface area contributed by atoms with Gasteiger partial charge in [-0.1, -0.05) is 15.5 Å². The molecule has 2 amide bonds. The first-order valence-corrected chi connectivity index (χ1v) is 10.7. The zero-order chi connectivity index (χ0) is 19.4. The van der Waals surface area contributed by atoms with E-state index in [1.54, 1.807) is 37.9 Å². The molecule has 1 spiro atoms. The molecule has 0 radical (unpaired) electrons. The quantitative estimate of drug-likeness (QED) is 0.701. The van der Waals surface area contributed by atoms with Gasteiger partial charge in [-0.2, -0.15) is 5.26 Å². The van der Waals surface area contributed by atoms with Gasteiger partial charge in [0.25, 0.3) is 11.8 Å². The minimum Gasteiger partial charge on any atom is -0.454 e. The second-order valence-corrected chi connectivity index (χ2v) is 10.8. The second-order valence-electron chi connectivity index (χ2n) is 7.80. The van der Waals surface area contributed by atoms with Crippen molar-refractivity contribution < 1.29 is 19.1 Å². The summed E-state index contributed by atoms with van der Waals surface area (Å²) in [6, 6.07) is 7.23. The van der Waals surface area contributed by atoms with E-state index in [9.17, 15) is 14.9 Å². The number of hydrogen-bond donors (Lipinski definition) is 0. The highest BCUT2D eigenvalue weighted by Gasteiger charge is 2.80. The number of nitriles is 1. The molecule has 0 aromatic heterocycles. The molecule has 4 aliphatic heterocycles. The van der Waals surface area contributed by atoms with Crippen LogP contribution in [0.25, 0.3) is 0 Å². The maximum atomic E-state index is 13.5. The molecule has 5 atom stereocenters. The molecule has 7 nitrogen and oxygen atoms in total. The van der Waals surface area contributed by atoms with E-state index in [4.69, 9.17) is 20.7 Å². The smallest absolute Gasteiger partial charge is 0.261 e. The first-order chi connectivity index (χ1) is 12.7. The average Bonchev–Trinajstić information content (AvgIpc) is 3.31. The van der Waals surface area contributed by atoms with Gasteiger partial charge in [-0.05, 0) is 42.7 Å². The summed E-state index contributed by atoms with van der Waals surface area (Å²) >= 11 is 5.76. The van der Waals surface area contributed by atoms with Crippen molar-refractivity contribution in [2.24, 2.45) is 5.41 Å². The number of fused-ring (bicyclic) bond motifs is 2. The van der Waals surface area contributed by atoms with Crippen LogP contribution in [0.1, 0.15) is 31.9 Å². The Bertz CT molecular complexity index is 1010. The molecule has 1 aromatic carbocycles. The molecule has 3 fully saturated rings. The Hall–Kier alpha value is -2.18. The van der Waals surface area contributed by atoms with Gasteiger partial charge in [0.2, 0.25) is 6.79 Å². The maximum absolute atomic E-state index is 13.5. The molecule has 0 saturated carbocycles. The Morgan fingerprint density at radius 2 is 1.96 bits per heavy atom. The SMILES string of the molecule is CN1C(=O)[C@]23C[C@@](C)(C#N)C(c4ccc5c(c4)OCO5)N2C(=O)[C@@]1(C)S3=S. The highest BCUT2D eigenvalue weighted by molar-refractivity contribution is 8.31. The number of benzene rings is 1. The fraction of sp³-hybridized carbons (Fsp3) is 0.500. The largest absolute Gasteiger partial charge is 0.454 e. The molecule has 140 valence electrons. The molecule has 3 saturated heterocycles. The summed E-state index contributed by atoms with van der Waals surface area (Å²) in [5.41, 5.74) is -0.178. The molecule has 4 aliphatic rings. The van der Waals surface area contributed by atoms with Crippen LogP contribution in [0.3, 0.4) is 0 Å². The van der Waals surface area contributed by atoms with Crippen LogP contribution in [0.4, 0.5) is 0 Å². The molecule has 5 rings (SSSR count). The number of piperazine rings is 1. The Kier molecular flexibility index (Phi) is 3.02. The lowest BCUT2D eigenvalue weighted by molar-refractivity contribution is -0.159. The van der Waals surface area contributed by atoms with E-state index in [-0.39, 0.29) is 25.0 Å². The summed E-state index contributed by atoms with van der Waals surface area (Å²) in [7, 11) is 0.689. The van der Waals surface area contributed by atoms with Crippen LogP contribution >= 0.6 is 0 Å². The van der Waals surface area contributed by atoms with Gasteiger partial charge in [-0.3, -0.25) is 9.59 Å². The number of rotatable bonds is 1. The third kappa shape index (κ3) is 1.61. The second kappa shape index (κ2) is 4.80. The van der Waals surface area contributed by atoms with Crippen molar-refractivity contribution in [3.63, 3.8) is 0 Å². The molecule has 0 N–H and O–H groups in total. The highest BCUT2D eigenvalue weighted by Crippen LogP contribution is 2.65. The van der Waals surface area contributed by atoms with Crippen molar-refractivity contribution in [2.45, 2.75) is 36.1 Å². The monoisotopic (exact) mass is 403 g/mol. The van der Waals surface area contributed by atoms with Crippen molar-refractivity contribution in [3.8, 4) is 17.6 Å². The van der Waals surface area contributed by atoms with Crippen LogP contribution in [0.5, 0.6) is 11.5 Å². The van der Waals surface area contributed by atoms with E-state index < -0.39 is 30.7 Å². The minimum absolute atomic E-state index is 0.141. The van der Waals surface area contributed by atoms with Crippen LogP contribution in [-0.4, -0.2) is 45.2 Å². The molecule has 4 heterocycles. The lowest BCUT2D eigenvalue weighted by Crippen LogP contribution is -2.60. The van der Waals surface area contributed by atoms with E-state index in [1.165, 1.54) is 4.90 Å². The van der Waals surface area contributed by atoms with Gasteiger partial charge in [0.1, 0.15) is 0 Å². The fourth-order valence-electron chi connectivity index (χ4n) is 4.92. The summed E-state index contributed by atoms with van der Waals surface area (Å²) in [6.07, 6.45) is 0.243. The summed E-state index contributed by atoms with van der Waals surface area (Å²) in [6.45, 7) is 3.69. The molecular formula is C18H17N3O4S2. The first-order valence-electron chi connectivity index (χ1n) is 8.56. The molecule has 2 unspecified atom stereocenters. The summed E-state index contributed by atoms with van der Waals surface area (Å²) in [5, 5.41) is 10.0. The van der Waals surface area contributed by atoms with Gasteiger partial charge in [-0.25, -0.2) is 0 Å². The van der Waals surface area contributed by atoms with Crippen molar-refractivity contribution >= 4 is 32.5 Å². The normalized spacial score (nSPS) is 41.3. The zero-order valence-electron chi connectivity index (χ0n) is 15.0. The van der Waals surface area contributed by atoms with E-state index in [1.807, 2.05) is 6.07 Å². The number of carbonyl (C=O) groups is 2. The highest BCUT2D eigenvalue weighted by atomic mass is 32.8. The average molecular weight is 403 g/mol. The minimum atomic E-state index is -1.12. The van der Waals surface area contributed by atoms with Gasteiger partial charge < -0.3 is 19.3 Å². The summed E-state index contributed by atoms with van der Waals surface area (Å²) in [4.78, 5) is 27.6. The van der Waals surface area contributed by atoms with Crippen molar-refractivity contribution in [3.05, 3.63) is 23.8 Å². The summed E-state index contributed by atoms with van der Waals surface area (Å²) in [5.74, 6) is 0.875. The van der Waals surface area contributed by atoms with Crippen molar-refractivity contribution in [2.75, 3.05) is 13.8 Å². The number of nitrogens with zero attached hydrogens (tertiary/aromatic N) is 3. The fourth-order valence-corrected chi connectivity index (χ4v) is 8.44. The van der Waals surface area contributed by atoms with Crippen LogP contribution in [0, 0.1) is 16.7 Å². The van der Waals surface area contributed by atoms with Crippen LogP contribution < -0.4 is 9.47 Å². The predicted octanol–water partition coefficient (Wildman–Crippen LogP) is 1.20. The van der Waals surface area contributed by atoms with Gasteiger partial charge in [0, 0.05) is 13.5 Å². The van der Waals surface area contributed by atoms with Crippen molar-refractivity contribution in [1.29, 1.82) is 5.26 Å². The summed E-state index contributed by atoms with van der Waals surface area (Å²) < 4.78 is 10.8. The van der Waals surface area contributed by atoms with Gasteiger partial charge in [0.15, 0.2) is 21.2 Å². The van der Waals surface area contributed by atoms with Crippen molar-refractivity contribution in [1.82, 2.24) is 9.80 Å². The number of carbonyl (C=O) groups excluding carboxylic acids is 2. The Balaban J connectivity index is 1.73. The number of amides is 2. The maximum Gasteiger partial charge on any atom is 0.261 e. The molecule has 27 heavy (non-hydrogen) atoms. The van der Waals surface area contributed by atoms with E-state index in [0.29, 0.717) is 11.5 Å². The Morgan fingerprint density at radius 1 is 1.26 bits per heavy atom. The third-order valence-electron chi connectivity index (χ3n) is 6.39. The number of ether oxygens (including phenoxy) is 2. The first kappa shape index (κ1) is 17.0. The van der Waals surface area contributed by atoms with Crippen LogP contribution in [0.2, 0.25) is 0 Å². The Labute approximate surface area is 163 Å². The van der Waals surface area contributed by atoms with Crippen LogP contribution in [-0.2, 0) is 30.2 Å². The van der Waals surface area contributed by atoms with E-state index in [2.05, 4.69) is 6.07 Å². The third-order valence-corrected chi connectivity index (χ3v) is 10.5. The van der Waals surface area contributed by atoms with Gasteiger partial charge in [0.05, 0.1) is 17.5 Å². The topological polar surface area (TPSA) is 82.9 Å². The van der Waals surface area contributed by atoms with Gasteiger partial charge >= 0.3 is 0 Å². The molecule has 1 aromatic rings. The number of hydrogen-bond acceptors (Lipinski definition) is 6. The molecule has 0 aliphatic carbocycles.